The third-order valence-corrected chi connectivity index (χ3v) is 4.76. The van der Waals surface area contributed by atoms with Gasteiger partial charge in [0.15, 0.2) is 0 Å². The number of hydrogen-bond acceptors (Lipinski definition) is 3. The lowest BCUT2D eigenvalue weighted by Crippen LogP contribution is -2.42. The standard InChI is InChI=1S/C17H26BrN3O/c1-19-17(22)13-21-8-6-14(7-9-21)11-20(2)12-15-4-3-5-16(18)10-15/h3-5,10,14H,6-9,11-13H2,1-2H3,(H,19,22). The van der Waals surface area contributed by atoms with Crippen molar-refractivity contribution in [2.45, 2.75) is 19.4 Å². The minimum absolute atomic E-state index is 0.116. The van der Waals surface area contributed by atoms with Crippen LogP contribution in [0.1, 0.15) is 18.4 Å². The van der Waals surface area contributed by atoms with Crippen LogP contribution in [0.15, 0.2) is 28.7 Å². The fourth-order valence-corrected chi connectivity index (χ4v) is 3.51. The SMILES string of the molecule is CNC(=O)CN1CCC(CN(C)Cc2cccc(Br)c2)CC1. The Labute approximate surface area is 142 Å². The van der Waals surface area contributed by atoms with Gasteiger partial charge in [0.05, 0.1) is 6.54 Å². The molecule has 0 atom stereocenters. The molecule has 1 fully saturated rings. The van der Waals surface area contributed by atoms with Crippen molar-refractivity contribution in [3.05, 3.63) is 34.3 Å². The summed E-state index contributed by atoms with van der Waals surface area (Å²) in [6.45, 7) is 4.71. The molecule has 5 heteroatoms. The van der Waals surface area contributed by atoms with Crippen molar-refractivity contribution in [2.75, 3.05) is 40.3 Å². The lowest BCUT2D eigenvalue weighted by molar-refractivity contribution is -0.122. The highest BCUT2D eigenvalue weighted by Gasteiger charge is 2.21. The molecular formula is C17H26BrN3O. The van der Waals surface area contributed by atoms with E-state index in [0.29, 0.717) is 6.54 Å². The fourth-order valence-electron chi connectivity index (χ4n) is 3.06. The summed E-state index contributed by atoms with van der Waals surface area (Å²) in [5.74, 6) is 0.850. The van der Waals surface area contributed by atoms with Gasteiger partial charge in [-0.15, -0.1) is 0 Å². The first-order valence-corrected chi connectivity index (χ1v) is 8.72. The fraction of sp³-hybridized carbons (Fsp3) is 0.588. The van der Waals surface area contributed by atoms with Crippen LogP contribution in [0.25, 0.3) is 0 Å². The molecule has 0 aromatic heterocycles. The Hall–Kier alpha value is -0.910. The summed E-state index contributed by atoms with van der Waals surface area (Å²) in [6.07, 6.45) is 2.36. The molecule has 1 N–H and O–H groups in total. The maximum Gasteiger partial charge on any atom is 0.233 e. The van der Waals surface area contributed by atoms with Gasteiger partial charge in [0.1, 0.15) is 0 Å². The maximum atomic E-state index is 11.4. The van der Waals surface area contributed by atoms with Crippen molar-refractivity contribution < 1.29 is 4.79 Å². The quantitative estimate of drug-likeness (QED) is 0.837. The van der Waals surface area contributed by atoms with Crippen LogP contribution in [-0.2, 0) is 11.3 Å². The van der Waals surface area contributed by atoms with Gasteiger partial charge in [-0.3, -0.25) is 9.69 Å². The molecule has 0 bridgehead atoms. The minimum Gasteiger partial charge on any atom is -0.358 e. The number of piperidine rings is 1. The lowest BCUT2D eigenvalue weighted by Gasteiger charge is -2.33. The van der Waals surface area contributed by atoms with E-state index >= 15 is 0 Å². The van der Waals surface area contributed by atoms with Crippen LogP contribution in [0.2, 0.25) is 0 Å². The van der Waals surface area contributed by atoms with E-state index in [2.05, 4.69) is 62.4 Å². The average molecular weight is 368 g/mol. The number of halogens is 1. The van der Waals surface area contributed by atoms with Crippen LogP contribution in [-0.4, -0.2) is 56.0 Å². The number of nitrogens with one attached hydrogen (secondary N) is 1. The van der Waals surface area contributed by atoms with Crippen molar-refractivity contribution >= 4 is 21.8 Å². The highest BCUT2D eigenvalue weighted by Crippen LogP contribution is 2.19. The molecule has 2 rings (SSSR count). The van der Waals surface area contributed by atoms with Crippen LogP contribution in [0.4, 0.5) is 0 Å². The Bertz CT molecular complexity index is 487. The first kappa shape index (κ1) is 17.4. The van der Waals surface area contributed by atoms with Gasteiger partial charge < -0.3 is 10.2 Å². The molecule has 1 amide bonds. The highest BCUT2D eigenvalue weighted by atomic mass is 79.9. The first-order valence-electron chi connectivity index (χ1n) is 7.92. The molecule has 0 radical (unpaired) electrons. The monoisotopic (exact) mass is 367 g/mol. The van der Waals surface area contributed by atoms with E-state index < -0.39 is 0 Å². The van der Waals surface area contributed by atoms with Gasteiger partial charge in [-0.1, -0.05) is 28.1 Å². The smallest absolute Gasteiger partial charge is 0.233 e. The molecule has 22 heavy (non-hydrogen) atoms. The number of benzene rings is 1. The van der Waals surface area contributed by atoms with Gasteiger partial charge in [-0.05, 0) is 56.6 Å². The normalized spacial score (nSPS) is 16.9. The molecule has 0 spiro atoms. The van der Waals surface area contributed by atoms with Gasteiger partial charge in [0, 0.05) is 24.6 Å². The third-order valence-electron chi connectivity index (χ3n) is 4.26. The Morgan fingerprint density at radius 1 is 1.41 bits per heavy atom. The molecule has 1 aliphatic heterocycles. The molecule has 4 nitrogen and oxygen atoms in total. The second-order valence-electron chi connectivity index (χ2n) is 6.22. The zero-order valence-electron chi connectivity index (χ0n) is 13.5. The third kappa shape index (κ3) is 5.71. The van der Waals surface area contributed by atoms with Gasteiger partial charge in [0.2, 0.25) is 5.91 Å². The molecule has 1 aromatic carbocycles. The Morgan fingerprint density at radius 2 is 2.14 bits per heavy atom. The zero-order chi connectivity index (χ0) is 15.9. The minimum atomic E-state index is 0.116. The number of carbonyl (C=O) groups excluding carboxylic acids is 1. The molecule has 0 aliphatic carbocycles. The van der Waals surface area contributed by atoms with Crippen molar-refractivity contribution in [2.24, 2.45) is 5.92 Å². The number of amides is 1. The van der Waals surface area contributed by atoms with Gasteiger partial charge in [-0.2, -0.15) is 0 Å². The topological polar surface area (TPSA) is 35.6 Å². The van der Waals surface area contributed by atoms with Crippen LogP contribution >= 0.6 is 15.9 Å². The number of hydrogen-bond donors (Lipinski definition) is 1. The summed E-state index contributed by atoms with van der Waals surface area (Å²) in [6, 6.07) is 8.51. The largest absolute Gasteiger partial charge is 0.358 e. The van der Waals surface area contributed by atoms with E-state index in [4.69, 9.17) is 0 Å². The molecule has 1 heterocycles. The van der Waals surface area contributed by atoms with Crippen LogP contribution in [0, 0.1) is 5.92 Å². The van der Waals surface area contributed by atoms with Gasteiger partial charge >= 0.3 is 0 Å². The molecule has 0 unspecified atom stereocenters. The second-order valence-corrected chi connectivity index (χ2v) is 7.14. The molecular weight excluding hydrogens is 342 g/mol. The highest BCUT2D eigenvalue weighted by molar-refractivity contribution is 9.10. The molecule has 1 saturated heterocycles. The van der Waals surface area contributed by atoms with E-state index in [1.807, 2.05) is 0 Å². The van der Waals surface area contributed by atoms with Crippen molar-refractivity contribution in [1.82, 2.24) is 15.1 Å². The van der Waals surface area contributed by atoms with E-state index in [9.17, 15) is 4.79 Å². The number of carbonyl (C=O) groups is 1. The molecule has 1 aromatic rings. The number of likely N-dealkylation sites (tertiary alicyclic amines) is 1. The molecule has 1 aliphatic rings. The average Bonchev–Trinajstić information content (AvgIpc) is 2.49. The lowest BCUT2D eigenvalue weighted by atomic mass is 9.96. The van der Waals surface area contributed by atoms with Gasteiger partial charge in [0.25, 0.3) is 0 Å². The number of nitrogens with zero attached hydrogens (tertiary/aromatic N) is 2. The summed E-state index contributed by atoms with van der Waals surface area (Å²) in [5.41, 5.74) is 1.34. The maximum absolute atomic E-state index is 11.4. The predicted octanol–water partition coefficient (Wildman–Crippen LogP) is 2.34. The van der Waals surface area contributed by atoms with Crippen molar-refractivity contribution in [3.8, 4) is 0 Å². The van der Waals surface area contributed by atoms with E-state index in [1.165, 1.54) is 18.4 Å². The van der Waals surface area contributed by atoms with Crippen LogP contribution in [0.3, 0.4) is 0 Å². The van der Waals surface area contributed by atoms with Gasteiger partial charge in [-0.25, -0.2) is 0 Å². The Balaban J connectivity index is 1.72. The summed E-state index contributed by atoms with van der Waals surface area (Å²) in [4.78, 5) is 16.1. The summed E-state index contributed by atoms with van der Waals surface area (Å²) >= 11 is 3.53. The Kier molecular flexibility index (Phi) is 6.86. The summed E-state index contributed by atoms with van der Waals surface area (Å²) in [7, 11) is 3.89. The first-order chi connectivity index (χ1) is 10.6. The van der Waals surface area contributed by atoms with Crippen LogP contribution < -0.4 is 5.32 Å². The predicted molar refractivity (Wildman–Crippen MR) is 93.7 cm³/mol. The Morgan fingerprint density at radius 3 is 2.77 bits per heavy atom. The van der Waals surface area contributed by atoms with E-state index in [0.717, 1.165) is 36.6 Å². The summed E-state index contributed by atoms with van der Waals surface area (Å²) in [5, 5.41) is 2.69. The van der Waals surface area contributed by atoms with E-state index in [-0.39, 0.29) is 5.91 Å². The van der Waals surface area contributed by atoms with Crippen molar-refractivity contribution in [1.29, 1.82) is 0 Å². The molecule has 0 saturated carbocycles. The summed E-state index contributed by atoms with van der Waals surface area (Å²) < 4.78 is 1.14. The van der Waals surface area contributed by atoms with E-state index in [1.54, 1.807) is 7.05 Å². The zero-order valence-corrected chi connectivity index (χ0v) is 15.1. The van der Waals surface area contributed by atoms with Crippen LogP contribution in [0.5, 0.6) is 0 Å². The molecule has 122 valence electrons. The van der Waals surface area contributed by atoms with Crippen molar-refractivity contribution in [3.63, 3.8) is 0 Å². The second kappa shape index (κ2) is 8.65. The number of rotatable bonds is 6. The number of likely N-dealkylation sites (N-methyl/N-ethyl adjacent to an activating group) is 1.